The van der Waals surface area contributed by atoms with Crippen LogP contribution in [0.1, 0.15) is 10.4 Å². The molecule has 1 aromatic rings. The summed E-state index contributed by atoms with van der Waals surface area (Å²) in [4.78, 5) is 38.1. The van der Waals surface area contributed by atoms with Crippen LogP contribution in [0.2, 0.25) is 0 Å². The first-order valence-corrected chi connectivity index (χ1v) is 5.18. The van der Waals surface area contributed by atoms with Gasteiger partial charge in [0.1, 0.15) is 5.82 Å². The van der Waals surface area contributed by atoms with Crippen molar-refractivity contribution in [2.75, 3.05) is 23.7 Å². The number of nitrogens with two attached hydrogens (primary N) is 4. The van der Waals surface area contributed by atoms with Crippen LogP contribution in [0.3, 0.4) is 0 Å². The molecule has 3 amide bonds. The Morgan fingerprint density at radius 3 is 2.05 bits per heavy atom. The maximum Gasteiger partial charge on any atom is 0.250 e. The molecule has 102 valence electrons. The summed E-state index contributed by atoms with van der Waals surface area (Å²) >= 11 is 0. The van der Waals surface area contributed by atoms with Crippen molar-refractivity contribution < 1.29 is 14.4 Å². The van der Waals surface area contributed by atoms with Crippen LogP contribution in [-0.4, -0.2) is 35.8 Å². The van der Waals surface area contributed by atoms with Crippen molar-refractivity contribution in [2.45, 2.75) is 0 Å². The predicted octanol–water partition coefficient (Wildman–Crippen LogP) is -2.46. The lowest BCUT2D eigenvalue weighted by atomic mass is 10.2. The number of anilines is 2. The van der Waals surface area contributed by atoms with Crippen molar-refractivity contribution in [1.29, 1.82) is 0 Å². The van der Waals surface area contributed by atoms with Crippen LogP contribution in [0, 0.1) is 0 Å². The van der Waals surface area contributed by atoms with Gasteiger partial charge >= 0.3 is 0 Å². The number of carbonyl (C=O) groups is 3. The van der Waals surface area contributed by atoms with Crippen molar-refractivity contribution in [1.82, 2.24) is 4.98 Å². The number of aromatic nitrogens is 1. The van der Waals surface area contributed by atoms with E-state index in [1.54, 1.807) is 0 Å². The van der Waals surface area contributed by atoms with Crippen molar-refractivity contribution in [2.24, 2.45) is 17.2 Å². The summed E-state index contributed by atoms with van der Waals surface area (Å²) in [6.45, 7) is -0.559. The number of nitrogens with zero attached hydrogens (tertiary/aromatic N) is 2. The van der Waals surface area contributed by atoms with E-state index in [9.17, 15) is 14.4 Å². The Labute approximate surface area is 108 Å². The topological polar surface area (TPSA) is 171 Å². The molecule has 0 aliphatic heterocycles. The molecule has 0 saturated carbocycles. The molecule has 0 unspecified atom stereocenters. The second-order valence-electron chi connectivity index (χ2n) is 3.78. The largest absolute Gasteiger partial charge is 0.397 e. The maximum atomic E-state index is 11.2. The third kappa shape index (κ3) is 3.84. The summed E-state index contributed by atoms with van der Waals surface area (Å²) in [6, 6.07) is 1.27. The summed E-state index contributed by atoms with van der Waals surface area (Å²) in [6.07, 6.45) is 1.20. The third-order valence-corrected chi connectivity index (χ3v) is 2.20. The Morgan fingerprint density at radius 2 is 1.63 bits per heavy atom. The quantitative estimate of drug-likeness (QED) is 0.444. The number of hydrogen-bond acceptors (Lipinski definition) is 6. The van der Waals surface area contributed by atoms with E-state index in [1.165, 1.54) is 17.2 Å². The Morgan fingerprint density at radius 1 is 1.11 bits per heavy atom. The lowest BCUT2D eigenvalue weighted by Crippen LogP contribution is -2.40. The van der Waals surface area contributed by atoms with Crippen LogP contribution in [0.5, 0.6) is 0 Å². The van der Waals surface area contributed by atoms with Gasteiger partial charge in [-0.3, -0.25) is 14.4 Å². The summed E-state index contributed by atoms with van der Waals surface area (Å²) < 4.78 is 0. The minimum absolute atomic E-state index is 0.0314. The molecule has 1 rings (SSSR count). The molecular weight excluding hydrogens is 252 g/mol. The molecule has 9 heteroatoms. The molecule has 0 fully saturated rings. The van der Waals surface area contributed by atoms with E-state index in [2.05, 4.69) is 4.98 Å². The minimum atomic E-state index is -0.751. The molecule has 9 nitrogen and oxygen atoms in total. The molecule has 0 aromatic carbocycles. The molecule has 19 heavy (non-hydrogen) atoms. The van der Waals surface area contributed by atoms with Gasteiger partial charge in [0.25, 0.3) is 5.91 Å². The average Bonchev–Trinajstić information content (AvgIpc) is 2.27. The van der Waals surface area contributed by atoms with E-state index in [0.29, 0.717) is 0 Å². The Bertz CT molecular complexity index is 514. The van der Waals surface area contributed by atoms with E-state index in [4.69, 9.17) is 22.9 Å². The van der Waals surface area contributed by atoms with Gasteiger partial charge in [-0.25, -0.2) is 4.98 Å². The lowest BCUT2D eigenvalue weighted by molar-refractivity contribution is -0.117. The van der Waals surface area contributed by atoms with Crippen molar-refractivity contribution in [3.8, 4) is 0 Å². The standard InChI is InChI=1S/C10H14N6O3/c11-6-2-15-9(1-5(6)10(14)19)16(3-7(12)17)4-8(13)18/h1-2H,3-4,11H2,(H2,12,17)(H2,13,18)(H2,14,19). The van der Waals surface area contributed by atoms with E-state index in [0.717, 1.165) is 0 Å². The molecule has 0 bridgehead atoms. The van der Waals surface area contributed by atoms with Gasteiger partial charge < -0.3 is 27.8 Å². The van der Waals surface area contributed by atoms with Crippen molar-refractivity contribution in [3.05, 3.63) is 17.8 Å². The van der Waals surface area contributed by atoms with Crippen LogP contribution < -0.4 is 27.8 Å². The molecule has 8 N–H and O–H groups in total. The Hall–Kier alpha value is -2.84. The highest BCUT2D eigenvalue weighted by Crippen LogP contribution is 2.17. The second-order valence-corrected chi connectivity index (χ2v) is 3.78. The highest BCUT2D eigenvalue weighted by molar-refractivity contribution is 5.98. The number of amides is 3. The molecule has 0 spiro atoms. The minimum Gasteiger partial charge on any atom is -0.397 e. The fourth-order valence-electron chi connectivity index (χ4n) is 1.44. The van der Waals surface area contributed by atoms with Gasteiger partial charge in [0.05, 0.1) is 30.5 Å². The number of pyridine rings is 1. The van der Waals surface area contributed by atoms with E-state index < -0.39 is 17.7 Å². The zero-order valence-electron chi connectivity index (χ0n) is 10.00. The smallest absolute Gasteiger partial charge is 0.250 e. The maximum absolute atomic E-state index is 11.2. The van der Waals surface area contributed by atoms with Crippen LogP contribution in [0.25, 0.3) is 0 Å². The molecule has 0 radical (unpaired) electrons. The number of hydrogen-bond donors (Lipinski definition) is 4. The van der Waals surface area contributed by atoms with Gasteiger partial charge in [0.15, 0.2) is 0 Å². The number of rotatable bonds is 6. The summed E-state index contributed by atoms with van der Waals surface area (Å²) in [5.41, 5.74) is 20.9. The van der Waals surface area contributed by atoms with Gasteiger partial charge in [-0.15, -0.1) is 0 Å². The van der Waals surface area contributed by atoms with Crippen molar-refractivity contribution >= 4 is 29.2 Å². The SMILES string of the molecule is NC(=O)CN(CC(N)=O)c1cc(C(N)=O)c(N)cn1. The molecule has 0 atom stereocenters. The first-order valence-electron chi connectivity index (χ1n) is 5.18. The number of primary amides is 3. The predicted molar refractivity (Wildman–Crippen MR) is 67.8 cm³/mol. The van der Waals surface area contributed by atoms with Crippen LogP contribution >= 0.6 is 0 Å². The Balaban J connectivity index is 3.14. The highest BCUT2D eigenvalue weighted by Gasteiger charge is 2.16. The van der Waals surface area contributed by atoms with Crippen LogP contribution in [0.4, 0.5) is 11.5 Å². The molecular formula is C10H14N6O3. The summed E-state index contributed by atoms with van der Waals surface area (Å²) in [5.74, 6) is -1.96. The van der Waals surface area contributed by atoms with Gasteiger partial charge in [-0.1, -0.05) is 0 Å². The fraction of sp³-hybridized carbons (Fsp3) is 0.200. The normalized spacial score (nSPS) is 9.89. The summed E-state index contributed by atoms with van der Waals surface area (Å²) in [5, 5.41) is 0. The van der Waals surface area contributed by atoms with Gasteiger partial charge in [0, 0.05) is 0 Å². The second kappa shape index (κ2) is 5.67. The van der Waals surface area contributed by atoms with E-state index in [-0.39, 0.29) is 30.2 Å². The Kier molecular flexibility index (Phi) is 4.24. The third-order valence-electron chi connectivity index (χ3n) is 2.20. The molecule has 0 saturated heterocycles. The van der Waals surface area contributed by atoms with Crippen molar-refractivity contribution in [3.63, 3.8) is 0 Å². The van der Waals surface area contributed by atoms with Gasteiger partial charge in [0.2, 0.25) is 11.8 Å². The number of nitrogen functional groups attached to an aromatic ring is 1. The number of carbonyl (C=O) groups excluding carboxylic acids is 3. The first kappa shape index (κ1) is 14.2. The van der Waals surface area contributed by atoms with E-state index in [1.807, 2.05) is 0 Å². The van der Waals surface area contributed by atoms with Crippen LogP contribution in [-0.2, 0) is 9.59 Å². The molecule has 0 aliphatic carbocycles. The first-order chi connectivity index (χ1) is 8.81. The van der Waals surface area contributed by atoms with Gasteiger partial charge in [-0.2, -0.15) is 0 Å². The fourth-order valence-corrected chi connectivity index (χ4v) is 1.44. The van der Waals surface area contributed by atoms with Crippen LogP contribution in [0.15, 0.2) is 12.3 Å². The van der Waals surface area contributed by atoms with Gasteiger partial charge in [-0.05, 0) is 6.07 Å². The van der Waals surface area contributed by atoms with E-state index >= 15 is 0 Å². The summed E-state index contributed by atoms with van der Waals surface area (Å²) in [7, 11) is 0. The molecule has 1 aromatic heterocycles. The lowest BCUT2D eigenvalue weighted by Gasteiger charge is -2.21. The molecule has 1 heterocycles. The highest BCUT2D eigenvalue weighted by atomic mass is 16.2. The monoisotopic (exact) mass is 266 g/mol. The zero-order valence-corrected chi connectivity index (χ0v) is 10.00. The average molecular weight is 266 g/mol. The molecule has 0 aliphatic rings. The zero-order chi connectivity index (χ0) is 14.6.